The summed E-state index contributed by atoms with van der Waals surface area (Å²) >= 11 is 0. The van der Waals surface area contributed by atoms with E-state index >= 15 is 0 Å². The molecule has 0 aliphatic carbocycles. The molecule has 2 heterocycles. The summed E-state index contributed by atoms with van der Waals surface area (Å²) in [5.74, 6) is -0.279. The molecule has 154 valence electrons. The molecule has 0 aromatic heterocycles. The number of aliphatic hydroxyl groups excluding tert-OH is 1. The third-order valence-electron chi connectivity index (χ3n) is 5.33. The molecule has 0 saturated carbocycles. The number of nitrogens with one attached hydrogen (secondary N) is 2. The fourth-order valence-corrected chi connectivity index (χ4v) is 3.78. The third-order valence-corrected chi connectivity index (χ3v) is 5.33. The first kappa shape index (κ1) is 20.5. The Balaban J connectivity index is 1.47. The number of halogens is 1. The first-order valence-electron chi connectivity index (χ1n) is 9.92. The molecule has 2 aliphatic heterocycles. The number of hydrogen-bond acceptors (Lipinski definition) is 4. The lowest BCUT2D eigenvalue weighted by Crippen LogP contribution is -2.52. The van der Waals surface area contributed by atoms with E-state index in [4.69, 9.17) is 4.74 Å². The Kier molecular flexibility index (Phi) is 7.22. The highest BCUT2D eigenvalue weighted by Crippen LogP contribution is 2.23. The van der Waals surface area contributed by atoms with Crippen LogP contribution in [0.25, 0.3) is 0 Å². The zero-order chi connectivity index (χ0) is 19.9. The molecule has 0 unspecified atom stereocenters. The second-order valence-corrected chi connectivity index (χ2v) is 7.41. The summed E-state index contributed by atoms with van der Waals surface area (Å²) in [4.78, 5) is 26.5. The number of amides is 3. The fourth-order valence-electron chi connectivity index (χ4n) is 3.78. The average molecular weight is 393 g/mol. The van der Waals surface area contributed by atoms with Crippen molar-refractivity contribution in [2.75, 3.05) is 25.0 Å². The van der Waals surface area contributed by atoms with Gasteiger partial charge in [-0.2, -0.15) is 0 Å². The van der Waals surface area contributed by atoms with Gasteiger partial charge in [-0.25, -0.2) is 9.18 Å². The Morgan fingerprint density at radius 1 is 1.14 bits per heavy atom. The average Bonchev–Trinajstić information content (AvgIpc) is 2.71. The Morgan fingerprint density at radius 2 is 1.86 bits per heavy atom. The van der Waals surface area contributed by atoms with Crippen LogP contribution in [0.2, 0.25) is 0 Å². The fraction of sp³-hybridized carbons (Fsp3) is 0.600. The van der Waals surface area contributed by atoms with Crippen LogP contribution in [-0.2, 0) is 9.53 Å². The van der Waals surface area contributed by atoms with E-state index in [9.17, 15) is 19.1 Å². The van der Waals surface area contributed by atoms with Crippen molar-refractivity contribution in [3.05, 3.63) is 30.1 Å². The number of aliphatic hydroxyl groups is 1. The molecule has 3 N–H and O–H groups in total. The molecule has 1 aromatic carbocycles. The molecular formula is C20H28FN3O4. The molecule has 28 heavy (non-hydrogen) atoms. The van der Waals surface area contributed by atoms with E-state index < -0.39 is 12.1 Å². The number of likely N-dealkylation sites (tertiary alicyclic amines) is 1. The van der Waals surface area contributed by atoms with Gasteiger partial charge in [-0.05, 0) is 56.4 Å². The maximum atomic E-state index is 12.9. The largest absolute Gasteiger partial charge is 0.394 e. The van der Waals surface area contributed by atoms with Gasteiger partial charge in [-0.3, -0.25) is 4.79 Å². The quantitative estimate of drug-likeness (QED) is 0.716. The molecular weight excluding hydrogens is 365 g/mol. The lowest BCUT2D eigenvalue weighted by atomic mass is 9.96. The number of benzene rings is 1. The Bertz CT molecular complexity index is 664. The van der Waals surface area contributed by atoms with E-state index in [2.05, 4.69) is 10.6 Å². The summed E-state index contributed by atoms with van der Waals surface area (Å²) < 4.78 is 18.8. The minimum Gasteiger partial charge on any atom is -0.394 e. The monoisotopic (exact) mass is 393 g/mol. The third kappa shape index (κ3) is 5.65. The number of carbonyl (C=O) groups excluding carboxylic acids is 2. The molecule has 2 saturated heterocycles. The highest BCUT2D eigenvalue weighted by atomic mass is 19.1. The van der Waals surface area contributed by atoms with Crippen molar-refractivity contribution in [2.24, 2.45) is 0 Å². The SMILES string of the molecule is O=C(Nc1ccc(F)cc1)N[C@H]1CC[C@@H](CC(=O)N2CCCCC2)O[C@@H]1CO. The Morgan fingerprint density at radius 3 is 2.54 bits per heavy atom. The molecule has 0 spiro atoms. The first-order valence-corrected chi connectivity index (χ1v) is 9.92. The number of nitrogens with zero attached hydrogens (tertiary/aromatic N) is 1. The van der Waals surface area contributed by atoms with Crippen molar-refractivity contribution in [3.8, 4) is 0 Å². The van der Waals surface area contributed by atoms with Gasteiger partial charge in [0.15, 0.2) is 0 Å². The van der Waals surface area contributed by atoms with Crippen molar-refractivity contribution in [1.82, 2.24) is 10.2 Å². The highest BCUT2D eigenvalue weighted by Gasteiger charge is 2.33. The topological polar surface area (TPSA) is 90.9 Å². The lowest BCUT2D eigenvalue weighted by molar-refractivity contribution is -0.141. The van der Waals surface area contributed by atoms with Gasteiger partial charge in [0.1, 0.15) is 11.9 Å². The van der Waals surface area contributed by atoms with Gasteiger partial charge < -0.3 is 25.4 Å². The van der Waals surface area contributed by atoms with Gasteiger partial charge in [0, 0.05) is 18.8 Å². The number of urea groups is 1. The minimum absolute atomic E-state index is 0.0989. The molecule has 3 rings (SSSR count). The number of ether oxygens (including phenoxy) is 1. The van der Waals surface area contributed by atoms with Crippen LogP contribution in [0, 0.1) is 5.82 Å². The number of piperidine rings is 1. The van der Waals surface area contributed by atoms with E-state index in [1.165, 1.54) is 30.7 Å². The van der Waals surface area contributed by atoms with Gasteiger partial charge >= 0.3 is 6.03 Å². The lowest BCUT2D eigenvalue weighted by Gasteiger charge is -2.37. The van der Waals surface area contributed by atoms with E-state index in [1.807, 2.05) is 4.90 Å². The highest BCUT2D eigenvalue weighted by molar-refractivity contribution is 5.89. The van der Waals surface area contributed by atoms with Crippen LogP contribution in [-0.4, -0.2) is 59.9 Å². The van der Waals surface area contributed by atoms with Crippen LogP contribution in [0.4, 0.5) is 14.9 Å². The summed E-state index contributed by atoms with van der Waals surface area (Å²) in [6, 6.07) is 4.67. The van der Waals surface area contributed by atoms with E-state index in [0.29, 0.717) is 24.9 Å². The van der Waals surface area contributed by atoms with Gasteiger partial charge in [-0.15, -0.1) is 0 Å². The molecule has 2 fully saturated rings. The van der Waals surface area contributed by atoms with Crippen molar-refractivity contribution in [3.63, 3.8) is 0 Å². The standard InChI is InChI=1S/C20H28FN3O4/c21-14-4-6-15(7-5-14)22-20(27)23-17-9-8-16(28-18(17)13-25)12-19(26)24-10-2-1-3-11-24/h4-7,16-18,25H,1-3,8-13H2,(H2,22,23,27)/t16-,17-,18+/m0/s1. The summed E-state index contributed by atoms with van der Waals surface area (Å²) in [5.41, 5.74) is 0.473. The van der Waals surface area contributed by atoms with Crippen molar-refractivity contribution >= 4 is 17.6 Å². The maximum Gasteiger partial charge on any atom is 0.319 e. The molecule has 0 bridgehead atoms. The van der Waals surface area contributed by atoms with Crippen LogP contribution in [0.15, 0.2) is 24.3 Å². The van der Waals surface area contributed by atoms with Crippen LogP contribution < -0.4 is 10.6 Å². The van der Waals surface area contributed by atoms with Crippen molar-refractivity contribution < 1.29 is 23.8 Å². The molecule has 1 aromatic rings. The maximum absolute atomic E-state index is 12.9. The van der Waals surface area contributed by atoms with Crippen molar-refractivity contribution in [2.45, 2.75) is 56.8 Å². The van der Waals surface area contributed by atoms with Crippen LogP contribution in [0.1, 0.15) is 38.5 Å². The minimum atomic E-state index is -0.563. The molecule has 0 radical (unpaired) electrons. The summed E-state index contributed by atoms with van der Waals surface area (Å²) in [5, 5.41) is 15.1. The molecule has 7 nitrogen and oxygen atoms in total. The predicted molar refractivity (Wildman–Crippen MR) is 102 cm³/mol. The van der Waals surface area contributed by atoms with Crippen LogP contribution in [0.5, 0.6) is 0 Å². The van der Waals surface area contributed by atoms with Crippen LogP contribution in [0.3, 0.4) is 0 Å². The Labute approximate surface area is 164 Å². The van der Waals surface area contributed by atoms with Gasteiger partial charge in [0.05, 0.1) is 25.2 Å². The van der Waals surface area contributed by atoms with Crippen molar-refractivity contribution in [1.29, 1.82) is 0 Å². The van der Waals surface area contributed by atoms with Gasteiger partial charge in [0.25, 0.3) is 0 Å². The predicted octanol–water partition coefficient (Wildman–Crippen LogP) is 2.26. The second-order valence-electron chi connectivity index (χ2n) is 7.41. The number of carbonyl (C=O) groups is 2. The van der Waals surface area contributed by atoms with E-state index in [0.717, 1.165) is 25.9 Å². The van der Waals surface area contributed by atoms with Gasteiger partial charge in [-0.1, -0.05) is 0 Å². The van der Waals surface area contributed by atoms with Gasteiger partial charge in [0.2, 0.25) is 5.91 Å². The first-order chi connectivity index (χ1) is 13.5. The molecule has 8 heteroatoms. The Hall–Kier alpha value is -2.19. The number of hydrogen-bond donors (Lipinski definition) is 3. The smallest absolute Gasteiger partial charge is 0.319 e. The van der Waals surface area contributed by atoms with E-state index in [1.54, 1.807) is 0 Å². The zero-order valence-corrected chi connectivity index (χ0v) is 15.9. The van der Waals surface area contributed by atoms with Crippen LogP contribution >= 0.6 is 0 Å². The number of anilines is 1. The zero-order valence-electron chi connectivity index (χ0n) is 15.9. The molecule has 3 atom stereocenters. The molecule has 2 aliphatic rings. The summed E-state index contributed by atoms with van der Waals surface area (Å²) in [6.07, 6.45) is 4.01. The van der Waals surface area contributed by atoms with E-state index in [-0.39, 0.29) is 30.5 Å². The summed E-state index contributed by atoms with van der Waals surface area (Å²) in [7, 11) is 0. The summed E-state index contributed by atoms with van der Waals surface area (Å²) in [6.45, 7) is 1.38. The normalized spacial score (nSPS) is 25.2. The number of rotatable bonds is 5. The second kappa shape index (κ2) is 9.84. The molecule has 3 amide bonds.